The number of aryl methyl sites for hydroxylation is 1. The Hall–Kier alpha value is -5.86. The van der Waals surface area contributed by atoms with Gasteiger partial charge in [-0.3, -0.25) is 0 Å². The summed E-state index contributed by atoms with van der Waals surface area (Å²) in [7, 11) is 0. The maximum Gasteiger partial charge on any atom is 0.132 e. The zero-order valence-corrected chi connectivity index (χ0v) is 25.5. The van der Waals surface area contributed by atoms with E-state index < -0.39 is 5.41 Å². The lowest BCUT2D eigenvalue weighted by atomic mass is 9.66. The molecule has 0 atom stereocenters. The Morgan fingerprint density at radius 3 is 1.59 bits per heavy atom. The summed E-state index contributed by atoms with van der Waals surface area (Å²) in [5, 5.41) is 0. The summed E-state index contributed by atoms with van der Waals surface area (Å²) in [4.78, 5) is 2.36. The van der Waals surface area contributed by atoms with Gasteiger partial charge in [-0.05, 0) is 88.8 Å². The van der Waals surface area contributed by atoms with E-state index in [2.05, 4.69) is 182 Å². The van der Waals surface area contributed by atoms with Gasteiger partial charge in [0.25, 0.3) is 0 Å². The zero-order valence-electron chi connectivity index (χ0n) is 25.5. The van der Waals surface area contributed by atoms with Crippen molar-refractivity contribution in [3.05, 3.63) is 198 Å². The van der Waals surface area contributed by atoms with Crippen molar-refractivity contribution in [1.29, 1.82) is 0 Å². The fraction of sp³-hybridized carbons (Fsp3) is 0.0455. The molecule has 2 aliphatic rings. The normalized spacial score (nSPS) is 13.2. The predicted molar refractivity (Wildman–Crippen MR) is 189 cm³/mol. The molecule has 0 saturated heterocycles. The van der Waals surface area contributed by atoms with Crippen LogP contribution >= 0.6 is 0 Å². The van der Waals surface area contributed by atoms with Gasteiger partial charge < -0.3 is 9.64 Å². The first kappa shape index (κ1) is 26.5. The van der Waals surface area contributed by atoms with Gasteiger partial charge in [-0.15, -0.1) is 0 Å². The third kappa shape index (κ3) is 3.90. The molecule has 0 fully saturated rings. The highest BCUT2D eigenvalue weighted by Crippen LogP contribution is 2.62. The number of hydrogen-bond acceptors (Lipinski definition) is 2. The minimum absolute atomic E-state index is 0.469. The van der Waals surface area contributed by atoms with Crippen LogP contribution in [0.5, 0.6) is 11.5 Å². The van der Waals surface area contributed by atoms with Crippen molar-refractivity contribution in [3.63, 3.8) is 0 Å². The number of benzene rings is 7. The zero-order chi connectivity index (χ0) is 30.7. The molecule has 218 valence electrons. The highest BCUT2D eigenvalue weighted by molar-refractivity contribution is 5.91. The molecule has 9 rings (SSSR count). The van der Waals surface area contributed by atoms with Crippen molar-refractivity contribution in [1.82, 2.24) is 0 Å². The molecule has 0 saturated carbocycles. The van der Waals surface area contributed by atoms with Gasteiger partial charge in [0.05, 0.1) is 5.41 Å². The van der Waals surface area contributed by atoms with Crippen molar-refractivity contribution < 1.29 is 4.74 Å². The summed E-state index contributed by atoms with van der Waals surface area (Å²) in [6, 6.07) is 61.3. The molecule has 0 aromatic heterocycles. The summed E-state index contributed by atoms with van der Waals surface area (Å²) < 4.78 is 6.51. The number of nitrogens with zero attached hydrogens (tertiary/aromatic N) is 1. The maximum absolute atomic E-state index is 6.51. The fourth-order valence-electron chi connectivity index (χ4n) is 7.56. The standard InChI is InChI=1S/C44H31NO/c1-30-19-21-31(22-20-30)32-23-25-34(26-24-32)45(33-11-3-2-4-12-33)35-27-28-39-37(29-35)36-13-5-6-14-38(36)44(39)40-15-7-9-17-42(40)46-43-18-10-8-16-41(43)44/h2-29H,1H3. The second kappa shape index (κ2) is 10.4. The number of fused-ring (bicyclic) bond motifs is 9. The highest BCUT2D eigenvalue weighted by atomic mass is 16.5. The Bertz CT molecular complexity index is 2190. The number of anilines is 3. The molecule has 1 aliphatic heterocycles. The van der Waals surface area contributed by atoms with Crippen LogP contribution in [-0.4, -0.2) is 0 Å². The van der Waals surface area contributed by atoms with E-state index in [0.717, 1.165) is 28.6 Å². The summed E-state index contributed by atoms with van der Waals surface area (Å²) in [5.74, 6) is 1.82. The second-order valence-electron chi connectivity index (χ2n) is 12.2. The first-order valence-electron chi connectivity index (χ1n) is 15.9. The molecule has 1 aliphatic carbocycles. The van der Waals surface area contributed by atoms with Gasteiger partial charge in [0.1, 0.15) is 11.5 Å². The Labute approximate surface area is 269 Å². The number of ether oxygens (including phenoxy) is 1. The summed E-state index contributed by atoms with van der Waals surface area (Å²) in [6.07, 6.45) is 0. The van der Waals surface area contributed by atoms with E-state index in [4.69, 9.17) is 4.74 Å². The van der Waals surface area contributed by atoms with Crippen LogP contribution in [0.25, 0.3) is 22.3 Å². The van der Waals surface area contributed by atoms with Crippen molar-refractivity contribution in [2.75, 3.05) is 4.90 Å². The molecule has 0 radical (unpaired) electrons. The Morgan fingerprint density at radius 1 is 0.413 bits per heavy atom. The molecule has 7 aromatic carbocycles. The van der Waals surface area contributed by atoms with Crippen LogP contribution in [0.1, 0.15) is 27.8 Å². The number of hydrogen-bond donors (Lipinski definition) is 0. The lowest BCUT2D eigenvalue weighted by Gasteiger charge is -2.39. The van der Waals surface area contributed by atoms with E-state index in [9.17, 15) is 0 Å². The molecule has 2 heteroatoms. The lowest BCUT2D eigenvalue weighted by molar-refractivity contribution is 0.436. The third-order valence-corrected chi connectivity index (χ3v) is 9.61. The van der Waals surface area contributed by atoms with Crippen LogP contribution in [0.2, 0.25) is 0 Å². The average molecular weight is 590 g/mol. The fourth-order valence-corrected chi connectivity index (χ4v) is 7.56. The average Bonchev–Trinajstić information content (AvgIpc) is 3.40. The summed E-state index contributed by atoms with van der Waals surface area (Å²) in [5.41, 5.74) is 14.0. The van der Waals surface area contributed by atoms with Gasteiger partial charge in [0.15, 0.2) is 0 Å². The van der Waals surface area contributed by atoms with Crippen LogP contribution in [0, 0.1) is 6.92 Å². The van der Waals surface area contributed by atoms with Gasteiger partial charge >= 0.3 is 0 Å². The predicted octanol–water partition coefficient (Wildman–Crippen LogP) is 11.6. The second-order valence-corrected chi connectivity index (χ2v) is 12.2. The quantitative estimate of drug-likeness (QED) is 0.202. The summed E-state index contributed by atoms with van der Waals surface area (Å²) >= 11 is 0. The van der Waals surface area contributed by atoms with Crippen LogP contribution in [0.15, 0.2) is 170 Å². The molecule has 0 bridgehead atoms. The van der Waals surface area contributed by atoms with Crippen LogP contribution in [0.3, 0.4) is 0 Å². The van der Waals surface area contributed by atoms with Crippen molar-refractivity contribution in [2.45, 2.75) is 12.3 Å². The van der Waals surface area contributed by atoms with Crippen molar-refractivity contribution >= 4 is 17.1 Å². The molecular weight excluding hydrogens is 558 g/mol. The molecule has 2 nitrogen and oxygen atoms in total. The Balaban J connectivity index is 1.25. The monoisotopic (exact) mass is 589 g/mol. The van der Waals surface area contributed by atoms with E-state index in [1.54, 1.807) is 0 Å². The molecule has 46 heavy (non-hydrogen) atoms. The number of para-hydroxylation sites is 3. The molecule has 1 heterocycles. The van der Waals surface area contributed by atoms with Gasteiger partial charge in [-0.2, -0.15) is 0 Å². The summed E-state index contributed by atoms with van der Waals surface area (Å²) in [6.45, 7) is 2.13. The van der Waals surface area contributed by atoms with Gasteiger partial charge in [-0.1, -0.05) is 127 Å². The van der Waals surface area contributed by atoms with E-state index in [-0.39, 0.29) is 0 Å². The molecular formula is C44H31NO. The van der Waals surface area contributed by atoms with Gasteiger partial charge in [0.2, 0.25) is 0 Å². The van der Waals surface area contributed by atoms with Crippen LogP contribution < -0.4 is 9.64 Å². The first-order chi connectivity index (χ1) is 22.7. The smallest absolute Gasteiger partial charge is 0.132 e. The SMILES string of the molecule is Cc1ccc(-c2ccc(N(c3ccccc3)c3ccc4c(c3)-c3ccccc3C43c4ccccc4Oc4ccccc43)cc2)cc1. The minimum Gasteiger partial charge on any atom is -0.457 e. The Morgan fingerprint density at radius 2 is 0.913 bits per heavy atom. The van der Waals surface area contributed by atoms with Gasteiger partial charge in [0, 0.05) is 28.2 Å². The minimum atomic E-state index is -0.469. The molecule has 0 unspecified atom stereocenters. The molecule has 0 amide bonds. The third-order valence-electron chi connectivity index (χ3n) is 9.61. The molecule has 1 spiro atoms. The molecule has 7 aromatic rings. The number of rotatable bonds is 4. The largest absolute Gasteiger partial charge is 0.457 e. The van der Waals surface area contributed by atoms with Crippen molar-refractivity contribution in [3.8, 4) is 33.8 Å². The highest BCUT2D eigenvalue weighted by Gasteiger charge is 2.51. The van der Waals surface area contributed by atoms with E-state index >= 15 is 0 Å². The van der Waals surface area contributed by atoms with Gasteiger partial charge in [-0.25, -0.2) is 0 Å². The van der Waals surface area contributed by atoms with Crippen molar-refractivity contribution in [2.24, 2.45) is 0 Å². The van der Waals surface area contributed by atoms with Crippen LogP contribution in [-0.2, 0) is 5.41 Å². The lowest BCUT2D eigenvalue weighted by Crippen LogP contribution is -2.32. The topological polar surface area (TPSA) is 12.5 Å². The van der Waals surface area contributed by atoms with E-state index in [1.165, 1.54) is 50.1 Å². The maximum atomic E-state index is 6.51. The van der Waals surface area contributed by atoms with E-state index in [0.29, 0.717) is 0 Å². The Kier molecular flexibility index (Phi) is 5.97. The van der Waals surface area contributed by atoms with E-state index in [1.807, 2.05) is 0 Å². The molecule has 0 N–H and O–H groups in total. The first-order valence-corrected chi connectivity index (χ1v) is 15.9. The van der Waals surface area contributed by atoms with Crippen LogP contribution in [0.4, 0.5) is 17.1 Å².